The molecule has 1 fully saturated rings. The van der Waals surface area contributed by atoms with Crippen LogP contribution in [0.2, 0.25) is 0 Å². The van der Waals surface area contributed by atoms with Gasteiger partial charge in [-0.25, -0.2) is 0 Å². The van der Waals surface area contributed by atoms with Gasteiger partial charge in [0.1, 0.15) is 0 Å². The van der Waals surface area contributed by atoms with Gasteiger partial charge in [0.25, 0.3) is 0 Å². The Hall–Kier alpha value is -1.84. The van der Waals surface area contributed by atoms with E-state index in [4.69, 9.17) is 0 Å². The summed E-state index contributed by atoms with van der Waals surface area (Å²) in [6, 6.07) is 7.87. The van der Waals surface area contributed by atoms with Crippen LogP contribution in [0.1, 0.15) is 45.1 Å². The lowest BCUT2D eigenvalue weighted by Crippen LogP contribution is -2.28. The van der Waals surface area contributed by atoms with Crippen LogP contribution < -0.4 is 10.2 Å². The zero-order valence-corrected chi connectivity index (χ0v) is 12.9. The second-order valence-electron chi connectivity index (χ2n) is 5.72. The standard InChI is InChI=1S/C17H24N2O2/c1-3-5-13(2)17(21)18-12-14-7-9-15(10-8-14)19-11-4-6-16(19)20/h7-10,13H,3-6,11-12H2,1-2H3,(H,18,21). The molecule has 4 heteroatoms. The Balaban J connectivity index is 1.88. The molecule has 1 atom stereocenters. The first-order valence-electron chi connectivity index (χ1n) is 7.79. The molecule has 1 aliphatic rings. The third-order valence-corrected chi connectivity index (χ3v) is 3.96. The molecule has 1 unspecified atom stereocenters. The summed E-state index contributed by atoms with van der Waals surface area (Å²) in [6.07, 6.45) is 3.52. The largest absolute Gasteiger partial charge is 0.352 e. The van der Waals surface area contributed by atoms with Gasteiger partial charge < -0.3 is 10.2 Å². The highest BCUT2D eigenvalue weighted by Gasteiger charge is 2.21. The lowest BCUT2D eigenvalue weighted by molar-refractivity contribution is -0.124. The molecule has 1 N–H and O–H groups in total. The van der Waals surface area contributed by atoms with Crippen LogP contribution in [0.5, 0.6) is 0 Å². The van der Waals surface area contributed by atoms with E-state index in [9.17, 15) is 9.59 Å². The van der Waals surface area contributed by atoms with E-state index in [1.165, 1.54) is 0 Å². The molecule has 2 amide bonds. The smallest absolute Gasteiger partial charge is 0.227 e. The van der Waals surface area contributed by atoms with Crippen LogP contribution in [0.3, 0.4) is 0 Å². The molecule has 1 aliphatic heterocycles. The van der Waals surface area contributed by atoms with E-state index < -0.39 is 0 Å². The minimum Gasteiger partial charge on any atom is -0.352 e. The second kappa shape index (κ2) is 7.25. The Bertz CT molecular complexity index is 496. The van der Waals surface area contributed by atoms with Crippen LogP contribution in [0.4, 0.5) is 5.69 Å². The van der Waals surface area contributed by atoms with Crippen molar-refractivity contribution in [2.24, 2.45) is 5.92 Å². The predicted octanol–water partition coefficient (Wildman–Crippen LogP) is 2.87. The number of carbonyl (C=O) groups excluding carboxylic acids is 2. The second-order valence-corrected chi connectivity index (χ2v) is 5.72. The molecule has 1 aromatic carbocycles. The van der Waals surface area contributed by atoms with E-state index in [1.807, 2.05) is 36.1 Å². The molecule has 0 aromatic heterocycles. The predicted molar refractivity (Wildman–Crippen MR) is 83.9 cm³/mol. The van der Waals surface area contributed by atoms with Gasteiger partial charge in [0.2, 0.25) is 11.8 Å². The van der Waals surface area contributed by atoms with Crippen molar-refractivity contribution in [2.75, 3.05) is 11.4 Å². The number of nitrogens with one attached hydrogen (secondary N) is 1. The Morgan fingerprint density at radius 3 is 2.62 bits per heavy atom. The van der Waals surface area contributed by atoms with Crippen LogP contribution in [0.25, 0.3) is 0 Å². The molecule has 4 nitrogen and oxygen atoms in total. The minimum atomic E-state index is 0.0662. The fraction of sp³-hybridized carbons (Fsp3) is 0.529. The number of hydrogen-bond donors (Lipinski definition) is 1. The minimum absolute atomic E-state index is 0.0662. The first kappa shape index (κ1) is 15.5. The number of amides is 2. The van der Waals surface area contributed by atoms with Crippen molar-refractivity contribution >= 4 is 17.5 Å². The van der Waals surface area contributed by atoms with Crippen molar-refractivity contribution < 1.29 is 9.59 Å². The molecule has 0 spiro atoms. The van der Waals surface area contributed by atoms with Crippen molar-refractivity contribution in [3.05, 3.63) is 29.8 Å². The van der Waals surface area contributed by atoms with E-state index in [0.29, 0.717) is 13.0 Å². The van der Waals surface area contributed by atoms with Gasteiger partial charge in [-0.1, -0.05) is 32.4 Å². The van der Waals surface area contributed by atoms with Gasteiger partial charge in [-0.3, -0.25) is 9.59 Å². The maximum absolute atomic E-state index is 11.9. The maximum Gasteiger partial charge on any atom is 0.227 e. The number of rotatable bonds is 6. The van der Waals surface area contributed by atoms with E-state index in [2.05, 4.69) is 12.2 Å². The molecule has 0 radical (unpaired) electrons. The zero-order valence-electron chi connectivity index (χ0n) is 12.9. The van der Waals surface area contributed by atoms with Gasteiger partial charge >= 0.3 is 0 Å². The fourth-order valence-corrected chi connectivity index (χ4v) is 2.64. The van der Waals surface area contributed by atoms with Gasteiger partial charge in [0, 0.05) is 31.1 Å². The average molecular weight is 288 g/mol. The van der Waals surface area contributed by atoms with Crippen molar-refractivity contribution in [1.82, 2.24) is 5.32 Å². The van der Waals surface area contributed by atoms with Crippen molar-refractivity contribution in [3.8, 4) is 0 Å². The highest BCUT2D eigenvalue weighted by atomic mass is 16.2. The number of hydrogen-bond acceptors (Lipinski definition) is 2. The summed E-state index contributed by atoms with van der Waals surface area (Å²) in [7, 11) is 0. The summed E-state index contributed by atoms with van der Waals surface area (Å²) in [6.45, 7) is 5.40. The Kier molecular flexibility index (Phi) is 5.37. The SMILES string of the molecule is CCCC(C)C(=O)NCc1ccc(N2CCCC2=O)cc1. The zero-order chi connectivity index (χ0) is 15.2. The molecule has 1 heterocycles. The van der Waals surface area contributed by atoms with E-state index in [1.54, 1.807) is 0 Å². The summed E-state index contributed by atoms with van der Waals surface area (Å²) in [5, 5.41) is 2.96. The average Bonchev–Trinajstić information content (AvgIpc) is 2.91. The molecule has 0 saturated carbocycles. The van der Waals surface area contributed by atoms with Crippen molar-refractivity contribution in [2.45, 2.75) is 46.1 Å². The maximum atomic E-state index is 11.9. The third-order valence-electron chi connectivity index (χ3n) is 3.96. The molecule has 21 heavy (non-hydrogen) atoms. The van der Waals surface area contributed by atoms with Gasteiger partial charge in [-0.2, -0.15) is 0 Å². The van der Waals surface area contributed by atoms with Crippen molar-refractivity contribution in [3.63, 3.8) is 0 Å². The molecule has 114 valence electrons. The molecular formula is C17H24N2O2. The molecule has 0 bridgehead atoms. The van der Waals surface area contributed by atoms with Crippen molar-refractivity contribution in [1.29, 1.82) is 0 Å². The summed E-state index contributed by atoms with van der Waals surface area (Å²) < 4.78 is 0. The highest BCUT2D eigenvalue weighted by molar-refractivity contribution is 5.95. The van der Waals surface area contributed by atoms with Crippen LogP contribution in [-0.2, 0) is 16.1 Å². The van der Waals surface area contributed by atoms with Crippen LogP contribution >= 0.6 is 0 Å². The first-order valence-corrected chi connectivity index (χ1v) is 7.79. The molecular weight excluding hydrogens is 264 g/mol. The quantitative estimate of drug-likeness (QED) is 0.875. The van der Waals surface area contributed by atoms with E-state index in [-0.39, 0.29) is 17.7 Å². The van der Waals surface area contributed by atoms with E-state index in [0.717, 1.165) is 37.1 Å². The normalized spacial score (nSPS) is 16.1. The number of carbonyl (C=O) groups is 2. The molecule has 0 aliphatic carbocycles. The van der Waals surface area contributed by atoms with Gasteiger partial charge in [-0.15, -0.1) is 0 Å². The summed E-state index contributed by atoms with van der Waals surface area (Å²) >= 11 is 0. The molecule has 1 saturated heterocycles. The van der Waals surface area contributed by atoms with Crippen LogP contribution in [0, 0.1) is 5.92 Å². The lowest BCUT2D eigenvalue weighted by Gasteiger charge is -2.16. The molecule has 1 aromatic rings. The number of anilines is 1. The Morgan fingerprint density at radius 2 is 2.05 bits per heavy atom. The Morgan fingerprint density at radius 1 is 1.33 bits per heavy atom. The monoisotopic (exact) mass is 288 g/mol. The lowest BCUT2D eigenvalue weighted by atomic mass is 10.1. The number of benzene rings is 1. The van der Waals surface area contributed by atoms with E-state index >= 15 is 0 Å². The number of nitrogens with zero attached hydrogens (tertiary/aromatic N) is 1. The van der Waals surface area contributed by atoms with Crippen LogP contribution in [0.15, 0.2) is 24.3 Å². The first-order chi connectivity index (χ1) is 10.1. The molecule has 2 rings (SSSR count). The fourth-order valence-electron chi connectivity index (χ4n) is 2.64. The van der Waals surface area contributed by atoms with Gasteiger partial charge in [0.15, 0.2) is 0 Å². The van der Waals surface area contributed by atoms with Gasteiger partial charge in [-0.05, 0) is 30.5 Å². The Labute approximate surface area is 126 Å². The third kappa shape index (κ3) is 4.06. The van der Waals surface area contributed by atoms with Gasteiger partial charge in [0.05, 0.1) is 0 Å². The summed E-state index contributed by atoms with van der Waals surface area (Å²) in [5.41, 5.74) is 2.01. The van der Waals surface area contributed by atoms with Crippen LogP contribution in [-0.4, -0.2) is 18.4 Å². The topological polar surface area (TPSA) is 49.4 Å². The highest BCUT2D eigenvalue weighted by Crippen LogP contribution is 2.21. The summed E-state index contributed by atoms with van der Waals surface area (Å²) in [4.78, 5) is 25.4. The summed E-state index contributed by atoms with van der Waals surface area (Å²) in [5.74, 6) is 0.372.